The molecule has 0 radical (unpaired) electrons. The Balaban J connectivity index is 2.21. The number of hydrogen-bond acceptors (Lipinski definition) is 3. The first kappa shape index (κ1) is 14.7. The van der Waals surface area contributed by atoms with Crippen LogP contribution in [0.4, 0.5) is 10.1 Å². The van der Waals surface area contributed by atoms with Crippen molar-refractivity contribution in [3.63, 3.8) is 0 Å². The van der Waals surface area contributed by atoms with E-state index in [1.165, 1.54) is 31.5 Å². The minimum atomic E-state index is -0.528. The van der Waals surface area contributed by atoms with Crippen molar-refractivity contribution < 1.29 is 13.9 Å². The number of aromatic nitrogens is 1. The maximum atomic E-state index is 13.3. The third kappa shape index (κ3) is 3.26. The smallest absolute Gasteiger partial charge is 0.255 e. The predicted molar refractivity (Wildman–Crippen MR) is 77.9 cm³/mol. The minimum Gasteiger partial charge on any atom is -0.494 e. The number of ether oxygens (including phenoxy) is 1. The molecule has 0 saturated carbocycles. The highest BCUT2D eigenvalue weighted by Crippen LogP contribution is 2.24. The van der Waals surface area contributed by atoms with Crippen molar-refractivity contribution in [1.29, 1.82) is 0 Å². The normalized spacial score (nSPS) is 10.2. The lowest BCUT2D eigenvalue weighted by atomic mass is 10.2. The van der Waals surface area contributed by atoms with Gasteiger partial charge in [-0.3, -0.25) is 4.79 Å². The summed E-state index contributed by atoms with van der Waals surface area (Å²) in [7, 11) is 1.33. The molecule has 1 N–H and O–H groups in total. The molecule has 1 amide bonds. The highest BCUT2D eigenvalue weighted by molar-refractivity contribution is 9.10. The topological polar surface area (TPSA) is 51.2 Å². The number of rotatable bonds is 3. The third-order valence-electron chi connectivity index (χ3n) is 2.47. The van der Waals surface area contributed by atoms with E-state index in [2.05, 4.69) is 26.2 Å². The lowest BCUT2D eigenvalue weighted by Gasteiger charge is -2.08. The van der Waals surface area contributed by atoms with Gasteiger partial charge >= 0.3 is 0 Å². The quantitative estimate of drug-likeness (QED) is 0.846. The van der Waals surface area contributed by atoms with E-state index in [4.69, 9.17) is 16.3 Å². The van der Waals surface area contributed by atoms with Crippen LogP contribution in [0.2, 0.25) is 5.15 Å². The molecule has 0 spiro atoms. The molecule has 7 heteroatoms. The Kier molecular flexibility index (Phi) is 4.57. The van der Waals surface area contributed by atoms with E-state index in [-0.39, 0.29) is 11.3 Å². The maximum Gasteiger partial charge on any atom is 0.255 e. The molecule has 2 rings (SSSR count). The van der Waals surface area contributed by atoms with Gasteiger partial charge in [-0.1, -0.05) is 11.6 Å². The van der Waals surface area contributed by atoms with Crippen LogP contribution < -0.4 is 10.1 Å². The van der Waals surface area contributed by atoms with Crippen LogP contribution in [0, 0.1) is 5.82 Å². The molecule has 0 aliphatic carbocycles. The highest BCUT2D eigenvalue weighted by Gasteiger charge is 2.11. The number of halogens is 3. The summed E-state index contributed by atoms with van der Waals surface area (Å²) in [6.45, 7) is 0. The van der Waals surface area contributed by atoms with E-state index >= 15 is 0 Å². The molecule has 0 saturated heterocycles. The molecule has 0 atom stereocenters. The molecule has 2 aromatic rings. The molecule has 0 unspecified atom stereocenters. The fourth-order valence-electron chi connectivity index (χ4n) is 1.49. The molecule has 1 aromatic heterocycles. The Morgan fingerprint density at radius 2 is 2.20 bits per heavy atom. The Labute approximate surface area is 128 Å². The summed E-state index contributed by atoms with van der Waals surface area (Å²) in [5, 5.41) is 2.93. The fourth-order valence-corrected chi connectivity index (χ4v) is 1.95. The van der Waals surface area contributed by atoms with Crippen molar-refractivity contribution in [2.75, 3.05) is 12.4 Å². The molecule has 0 fully saturated rings. The van der Waals surface area contributed by atoms with Crippen molar-refractivity contribution >= 4 is 39.1 Å². The monoisotopic (exact) mass is 358 g/mol. The Morgan fingerprint density at radius 3 is 2.85 bits per heavy atom. The second kappa shape index (κ2) is 6.19. The Hall–Kier alpha value is -1.66. The van der Waals surface area contributed by atoms with E-state index in [1.54, 1.807) is 6.07 Å². The van der Waals surface area contributed by atoms with Crippen molar-refractivity contribution in [1.82, 2.24) is 4.98 Å². The summed E-state index contributed by atoms with van der Waals surface area (Å²) in [6, 6.07) is 5.48. The molecular formula is C13H9BrClFN2O2. The number of nitrogens with zero attached hydrogens (tertiary/aromatic N) is 1. The summed E-state index contributed by atoms with van der Waals surface area (Å²) in [5.74, 6) is -0.924. The predicted octanol–water partition coefficient (Wildman–Crippen LogP) is 3.90. The third-order valence-corrected chi connectivity index (χ3v) is 3.60. The van der Waals surface area contributed by atoms with Crippen LogP contribution >= 0.6 is 27.5 Å². The molecule has 0 aliphatic heterocycles. The largest absolute Gasteiger partial charge is 0.494 e. The molecule has 1 heterocycles. The van der Waals surface area contributed by atoms with E-state index < -0.39 is 11.7 Å². The van der Waals surface area contributed by atoms with E-state index in [9.17, 15) is 9.18 Å². The van der Waals surface area contributed by atoms with Crippen molar-refractivity contribution in [3.8, 4) is 5.75 Å². The van der Waals surface area contributed by atoms with E-state index in [0.717, 1.165) is 0 Å². The zero-order chi connectivity index (χ0) is 14.7. The van der Waals surface area contributed by atoms with Gasteiger partial charge in [-0.25, -0.2) is 9.37 Å². The lowest BCUT2D eigenvalue weighted by Crippen LogP contribution is -2.12. The number of carbonyl (C=O) groups is 1. The molecule has 4 nitrogen and oxygen atoms in total. The SMILES string of the molecule is COc1cc(C(=O)Nc2cnc(Cl)c(Br)c2)ccc1F. The number of pyridine rings is 1. The minimum absolute atomic E-state index is 0.00746. The number of nitrogens with one attached hydrogen (secondary N) is 1. The lowest BCUT2D eigenvalue weighted by molar-refractivity contribution is 0.102. The van der Waals surface area contributed by atoms with Gasteiger partial charge in [-0.05, 0) is 40.2 Å². The maximum absolute atomic E-state index is 13.3. The van der Waals surface area contributed by atoms with Gasteiger partial charge in [0.2, 0.25) is 0 Å². The van der Waals surface area contributed by atoms with Crippen LogP contribution in [-0.4, -0.2) is 18.0 Å². The number of anilines is 1. The molecule has 0 aliphatic rings. The Morgan fingerprint density at radius 1 is 1.45 bits per heavy atom. The van der Waals surface area contributed by atoms with E-state index in [0.29, 0.717) is 15.3 Å². The fraction of sp³-hybridized carbons (Fsp3) is 0.0769. The second-order valence-corrected chi connectivity index (χ2v) is 5.01. The average Bonchev–Trinajstić information content (AvgIpc) is 2.43. The first-order chi connectivity index (χ1) is 9.51. The van der Waals surface area contributed by atoms with Crippen LogP contribution in [0.3, 0.4) is 0 Å². The summed E-state index contributed by atoms with van der Waals surface area (Å²) in [6.07, 6.45) is 1.42. The zero-order valence-corrected chi connectivity index (χ0v) is 12.6. The number of methoxy groups -OCH3 is 1. The van der Waals surface area contributed by atoms with Gasteiger partial charge in [0.1, 0.15) is 5.15 Å². The number of hydrogen-bond donors (Lipinski definition) is 1. The molecule has 104 valence electrons. The first-order valence-electron chi connectivity index (χ1n) is 5.47. The second-order valence-electron chi connectivity index (χ2n) is 3.80. The van der Waals surface area contributed by atoms with Crippen LogP contribution in [0.5, 0.6) is 5.75 Å². The van der Waals surface area contributed by atoms with Gasteiger partial charge in [-0.15, -0.1) is 0 Å². The van der Waals surface area contributed by atoms with Gasteiger partial charge in [0.05, 0.1) is 23.5 Å². The zero-order valence-electron chi connectivity index (χ0n) is 10.3. The molecular weight excluding hydrogens is 351 g/mol. The average molecular weight is 360 g/mol. The summed E-state index contributed by atoms with van der Waals surface area (Å²) in [5.41, 5.74) is 0.740. The van der Waals surface area contributed by atoms with Gasteiger partial charge in [-0.2, -0.15) is 0 Å². The molecule has 1 aromatic carbocycles. The summed E-state index contributed by atoms with van der Waals surface area (Å²) < 4.78 is 18.7. The highest BCUT2D eigenvalue weighted by atomic mass is 79.9. The van der Waals surface area contributed by atoms with Gasteiger partial charge in [0.15, 0.2) is 11.6 Å². The standard InChI is InChI=1S/C13H9BrClFN2O2/c1-20-11-4-7(2-3-10(11)16)13(19)18-8-5-9(14)12(15)17-6-8/h2-6H,1H3,(H,18,19). The van der Waals surface area contributed by atoms with E-state index in [1.807, 2.05) is 0 Å². The number of carbonyl (C=O) groups excluding carboxylic acids is 1. The van der Waals surface area contributed by atoms with Crippen LogP contribution in [-0.2, 0) is 0 Å². The number of amides is 1. The van der Waals surface area contributed by atoms with Crippen molar-refractivity contribution in [2.45, 2.75) is 0 Å². The van der Waals surface area contributed by atoms with Crippen LogP contribution in [0.25, 0.3) is 0 Å². The molecule has 20 heavy (non-hydrogen) atoms. The van der Waals surface area contributed by atoms with Gasteiger partial charge in [0.25, 0.3) is 5.91 Å². The van der Waals surface area contributed by atoms with Gasteiger partial charge < -0.3 is 10.1 Å². The van der Waals surface area contributed by atoms with Crippen LogP contribution in [0.1, 0.15) is 10.4 Å². The number of benzene rings is 1. The van der Waals surface area contributed by atoms with Crippen molar-refractivity contribution in [2.24, 2.45) is 0 Å². The Bertz CT molecular complexity index is 667. The summed E-state index contributed by atoms with van der Waals surface area (Å²) >= 11 is 8.97. The first-order valence-corrected chi connectivity index (χ1v) is 6.64. The molecule has 0 bridgehead atoms. The van der Waals surface area contributed by atoms with Crippen molar-refractivity contribution in [3.05, 3.63) is 51.5 Å². The van der Waals surface area contributed by atoms with Gasteiger partial charge in [0, 0.05) is 5.56 Å². The summed E-state index contributed by atoms with van der Waals surface area (Å²) in [4.78, 5) is 15.9. The van der Waals surface area contributed by atoms with Crippen LogP contribution in [0.15, 0.2) is 34.9 Å².